The Bertz CT molecular complexity index is 570. The van der Waals surface area contributed by atoms with Crippen LogP contribution in [0.3, 0.4) is 0 Å². The molecule has 1 aromatic rings. The molecule has 1 rings (SSSR count). The number of rotatable bonds is 9. The third kappa shape index (κ3) is 6.46. The predicted octanol–water partition coefficient (Wildman–Crippen LogP) is 3.07. The first-order chi connectivity index (χ1) is 11.0. The molecule has 0 aromatic heterocycles. The van der Waals surface area contributed by atoms with Gasteiger partial charge in [-0.15, -0.1) is 0 Å². The van der Waals surface area contributed by atoms with Crippen molar-refractivity contribution in [3.63, 3.8) is 0 Å². The van der Waals surface area contributed by atoms with Gasteiger partial charge in [0.2, 0.25) is 0 Å². The van der Waals surface area contributed by atoms with Gasteiger partial charge < -0.3 is 9.47 Å². The average molecular weight is 323 g/mol. The van der Waals surface area contributed by atoms with Gasteiger partial charge in [0, 0.05) is 18.4 Å². The molecule has 0 saturated heterocycles. The highest BCUT2D eigenvalue weighted by Crippen LogP contribution is 2.23. The van der Waals surface area contributed by atoms with Crippen molar-refractivity contribution in [1.29, 1.82) is 0 Å². The Kier molecular flexibility index (Phi) is 7.73. The first kappa shape index (κ1) is 18.6. The maximum atomic E-state index is 11.6. The smallest absolute Gasteiger partial charge is 0.306 e. The Hall–Kier alpha value is -2.44. The van der Waals surface area contributed by atoms with Crippen molar-refractivity contribution in [3.05, 3.63) is 39.4 Å². The van der Waals surface area contributed by atoms with Crippen LogP contribution < -0.4 is 0 Å². The van der Waals surface area contributed by atoms with Gasteiger partial charge >= 0.3 is 11.9 Å². The number of nitrogens with zero attached hydrogens (tertiary/aromatic N) is 1. The van der Waals surface area contributed by atoms with Gasteiger partial charge in [0.15, 0.2) is 0 Å². The molecule has 0 N–H and O–H groups in total. The summed E-state index contributed by atoms with van der Waals surface area (Å²) >= 11 is 0. The van der Waals surface area contributed by atoms with E-state index in [-0.39, 0.29) is 31.1 Å². The Balaban J connectivity index is 2.41. The molecule has 7 nitrogen and oxygen atoms in total. The van der Waals surface area contributed by atoms with Gasteiger partial charge in [-0.1, -0.05) is 19.1 Å². The van der Waals surface area contributed by atoms with E-state index in [0.717, 1.165) is 6.42 Å². The number of ether oxygens (including phenoxy) is 2. The first-order valence-corrected chi connectivity index (χ1v) is 7.49. The minimum atomic E-state index is -0.496. The standard InChI is InChI=1S/C16H21NO6/c1-3-10-22-14(18)8-5-9-15(19)23-11-13-7-4-6-12(2)16(13)17(20)21/h4,6-7H,3,5,8-11H2,1-2H3. The van der Waals surface area contributed by atoms with E-state index in [2.05, 4.69) is 0 Å². The number of carbonyl (C=O) groups is 2. The number of nitro groups is 1. The molecule has 0 bridgehead atoms. The quantitative estimate of drug-likeness (QED) is 0.394. The maximum absolute atomic E-state index is 11.6. The van der Waals surface area contributed by atoms with E-state index in [1.807, 2.05) is 6.92 Å². The lowest BCUT2D eigenvalue weighted by Gasteiger charge is -2.07. The fourth-order valence-electron chi connectivity index (χ4n) is 1.99. The molecule has 0 aliphatic heterocycles. The van der Waals surface area contributed by atoms with Crippen LogP contribution in [-0.4, -0.2) is 23.5 Å². The summed E-state index contributed by atoms with van der Waals surface area (Å²) < 4.78 is 9.93. The van der Waals surface area contributed by atoms with Crippen LogP contribution in [0, 0.1) is 17.0 Å². The fraction of sp³-hybridized carbons (Fsp3) is 0.500. The van der Waals surface area contributed by atoms with Crippen molar-refractivity contribution < 1.29 is 24.0 Å². The number of hydrogen-bond donors (Lipinski definition) is 0. The van der Waals surface area contributed by atoms with Gasteiger partial charge in [0.05, 0.1) is 17.1 Å². The molecule has 0 heterocycles. The van der Waals surface area contributed by atoms with Crippen LogP contribution in [0.25, 0.3) is 0 Å². The predicted molar refractivity (Wildman–Crippen MR) is 82.7 cm³/mol. The lowest BCUT2D eigenvalue weighted by atomic mass is 10.1. The molecular formula is C16H21NO6. The van der Waals surface area contributed by atoms with Crippen molar-refractivity contribution in [2.24, 2.45) is 0 Å². The molecule has 23 heavy (non-hydrogen) atoms. The molecular weight excluding hydrogens is 302 g/mol. The third-order valence-electron chi connectivity index (χ3n) is 3.12. The van der Waals surface area contributed by atoms with E-state index < -0.39 is 10.9 Å². The molecule has 0 aliphatic rings. The number of esters is 2. The van der Waals surface area contributed by atoms with Crippen molar-refractivity contribution >= 4 is 17.6 Å². The van der Waals surface area contributed by atoms with E-state index in [0.29, 0.717) is 24.2 Å². The Morgan fingerprint density at radius 3 is 2.43 bits per heavy atom. The van der Waals surface area contributed by atoms with E-state index >= 15 is 0 Å². The Labute approximate surface area is 134 Å². The summed E-state index contributed by atoms with van der Waals surface area (Å²) in [6, 6.07) is 4.86. The van der Waals surface area contributed by atoms with Crippen LogP contribution >= 0.6 is 0 Å². The summed E-state index contributed by atoms with van der Waals surface area (Å²) in [4.78, 5) is 33.5. The second kappa shape index (κ2) is 9.55. The highest BCUT2D eigenvalue weighted by molar-refractivity contribution is 5.72. The molecule has 0 amide bonds. The van der Waals surface area contributed by atoms with Gasteiger partial charge in [-0.25, -0.2) is 0 Å². The van der Waals surface area contributed by atoms with Crippen LogP contribution in [0.2, 0.25) is 0 Å². The second-order valence-electron chi connectivity index (χ2n) is 5.07. The largest absolute Gasteiger partial charge is 0.466 e. The third-order valence-corrected chi connectivity index (χ3v) is 3.12. The molecule has 0 unspecified atom stereocenters. The highest BCUT2D eigenvalue weighted by Gasteiger charge is 2.18. The van der Waals surface area contributed by atoms with Crippen molar-refractivity contribution in [2.75, 3.05) is 6.61 Å². The average Bonchev–Trinajstić information content (AvgIpc) is 2.50. The Morgan fingerprint density at radius 2 is 1.83 bits per heavy atom. The summed E-state index contributed by atoms with van der Waals surface area (Å²) in [5.74, 6) is -0.835. The zero-order chi connectivity index (χ0) is 17.2. The van der Waals surface area contributed by atoms with Crippen LogP contribution in [0.4, 0.5) is 5.69 Å². The van der Waals surface area contributed by atoms with E-state index in [9.17, 15) is 19.7 Å². The summed E-state index contributed by atoms with van der Waals surface area (Å²) in [5.41, 5.74) is 0.830. The van der Waals surface area contributed by atoms with Crippen LogP contribution in [0.15, 0.2) is 18.2 Å². The zero-order valence-electron chi connectivity index (χ0n) is 13.4. The second-order valence-corrected chi connectivity index (χ2v) is 5.07. The lowest BCUT2D eigenvalue weighted by Crippen LogP contribution is -2.09. The fourth-order valence-corrected chi connectivity index (χ4v) is 1.99. The van der Waals surface area contributed by atoms with Crippen LogP contribution in [-0.2, 0) is 25.7 Å². The molecule has 0 spiro atoms. The number of carbonyl (C=O) groups excluding carboxylic acids is 2. The van der Waals surface area contributed by atoms with E-state index in [1.54, 1.807) is 25.1 Å². The number of hydrogen-bond acceptors (Lipinski definition) is 6. The molecule has 1 aromatic carbocycles. The monoisotopic (exact) mass is 323 g/mol. The molecule has 0 radical (unpaired) electrons. The number of benzene rings is 1. The minimum Gasteiger partial charge on any atom is -0.466 e. The van der Waals surface area contributed by atoms with E-state index in [1.165, 1.54) is 0 Å². The summed E-state index contributed by atoms with van der Waals surface area (Å²) in [5, 5.41) is 11.0. The highest BCUT2D eigenvalue weighted by atomic mass is 16.6. The SMILES string of the molecule is CCCOC(=O)CCCC(=O)OCc1cccc(C)c1[N+](=O)[O-]. The number of nitro benzene ring substituents is 1. The van der Waals surface area contributed by atoms with Gasteiger partial charge in [-0.3, -0.25) is 19.7 Å². The van der Waals surface area contributed by atoms with Gasteiger partial charge in [0.25, 0.3) is 5.69 Å². The zero-order valence-corrected chi connectivity index (χ0v) is 13.4. The van der Waals surface area contributed by atoms with Crippen molar-refractivity contribution in [2.45, 2.75) is 46.1 Å². The van der Waals surface area contributed by atoms with Gasteiger partial charge in [-0.2, -0.15) is 0 Å². The molecule has 0 atom stereocenters. The van der Waals surface area contributed by atoms with Crippen molar-refractivity contribution in [1.82, 2.24) is 0 Å². The summed E-state index contributed by atoms with van der Waals surface area (Å²) in [6.07, 6.45) is 1.31. The Morgan fingerprint density at radius 1 is 1.17 bits per heavy atom. The molecule has 126 valence electrons. The van der Waals surface area contributed by atoms with Crippen LogP contribution in [0.1, 0.15) is 43.7 Å². The van der Waals surface area contributed by atoms with Crippen LogP contribution in [0.5, 0.6) is 0 Å². The maximum Gasteiger partial charge on any atom is 0.306 e. The van der Waals surface area contributed by atoms with Crippen molar-refractivity contribution in [3.8, 4) is 0 Å². The molecule has 0 aliphatic carbocycles. The number of para-hydroxylation sites is 1. The molecule has 0 fully saturated rings. The lowest BCUT2D eigenvalue weighted by molar-refractivity contribution is -0.386. The molecule has 0 saturated carbocycles. The summed E-state index contributed by atoms with van der Waals surface area (Å²) in [7, 11) is 0. The normalized spacial score (nSPS) is 10.2. The summed E-state index contributed by atoms with van der Waals surface area (Å²) in [6.45, 7) is 3.75. The number of aryl methyl sites for hydroxylation is 1. The van der Waals surface area contributed by atoms with Gasteiger partial charge in [0.1, 0.15) is 6.61 Å². The van der Waals surface area contributed by atoms with E-state index in [4.69, 9.17) is 9.47 Å². The minimum absolute atomic E-state index is 0.0385. The topological polar surface area (TPSA) is 95.7 Å². The molecule has 7 heteroatoms. The van der Waals surface area contributed by atoms with Gasteiger partial charge in [-0.05, 0) is 25.8 Å². The first-order valence-electron chi connectivity index (χ1n) is 7.49.